The van der Waals surface area contributed by atoms with Gasteiger partial charge < -0.3 is 25.4 Å². The summed E-state index contributed by atoms with van der Waals surface area (Å²) in [6.45, 7) is 6.55. The van der Waals surface area contributed by atoms with Gasteiger partial charge in [0, 0.05) is 10.6 Å². The standard InChI is InChI=1S/C27H29N3O5S/c1-15-12-16(2)23(17(3)13-15)30-27(33)29-21-14-22(18-7-9-19(34-4)10-8-18)36-24(21)26(32)35-25(31)20-6-5-11-28-20/h7-10,12-14,20,28H,5-6,11H2,1-4H3,(H2,29,30,33)/t20-/m0/s1. The van der Waals surface area contributed by atoms with Crippen molar-refractivity contribution in [3.63, 3.8) is 0 Å². The number of aryl methyl sites for hydroxylation is 3. The Morgan fingerprint density at radius 2 is 1.69 bits per heavy atom. The number of thiophene rings is 1. The highest BCUT2D eigenvalue weighted by atomic mass is 32.1. The molecule has 9 heteroatoms. The Balaban J connectivity index is 1.60. The van der Waals surface area contributed by atoms with Crippen LogP contribution >= 0.6 is 11.3 Å². The number of anilines is 2. The predicted octanol–water partition coefficient (Wildman–Crippen LogP) is 5.43. The highest BCUT2D eigenvalue weighted by Crippen LogP contribution is 2.36. The number of urea groups is 1. The molecule has 2 amide bonds. The molecule has 1 aromatic heterocycles. The third-order valence-corrected chi connectivity index (χ3v) is 7.16. The second-order valence-corrected chi connectivity index (χ2v) is 9.84. The first-order valence-electron chi connectivity index (χ1n) is 11.7. The maximum Gasteiger partial charge on any atom is 0.358 e. The second kappa shape index (κ2) is 10.9. The van der Waals surface area contributed by atoms with E-state index in [4.69, 9.17) is 9.47 Å². The van der Waals surface area contributed by atoms with Crippen molar-refractivity contribution in [1.29, 1.82) is 0 Å². The van der Waals surface area contributed by atoms with Crippen LogP contribution in [0, 0.1) is 20.8 Å². The van der Waals surface area contributed by atoms with E-state index in [9.17, 15) is 14.4 Å². The molecule has 1 atom stereocenters. The molecule has 3 N–H and O–H groups in total. The maximum absolute atomic E-state index is 13.0. The first-order valence-corrected chi connectivity index (χ1v) is 12.5. The molecule has 4 rings (SSSR count). The molecule has 0 spiro atoms. The number of carbonyl (C=O) groups excluding carboxylic acids is 3. The molecule has 1 aliphatic rings. The van der Waals surface area contributed by atoms with E-state index in [1.165, 1.54) is 0 Å². The lowest BCUT2D eigenvalue weighted by Crippen LogP contribution is -2.33. The van der Waals surface area contributed by atoms with Gasteiger partial charge >= 0.3 is 18.0 Å². The fourth-order valence-electron chi connectivity index (χ4n) is 4.27. The van der Waals surface area contributed by atoms with E-state index in [0.717, 1.165) is 44.9 Å². The monoisotopic (exact) mass is 507 g/mol. The number of benzene rings is 2. The summed E-state index contributed by atoms with van der Waals surface area (Å²) in [6, 6.07) is 12.0. The fourth-order valence-corrected chi connectivity index (χ4v) is 5.27. The number of hydrogen-bond donors (Lipinski definition) is 3. The second-order valence-electron chi connectivity index (χ2n) is 8.79. The van der Waals surface area contributed by atoms with Crippen molar-refractivity contribution in [3.05, 3.63) is 64.0 Å². The number of esters is 2. The average Bonchev–Trinajstić information content (AvgIpc) is 3.52. The summed E-state index contributed by atoms with van der Waals surface area (Å²) in [5.74, 6) is -0.708. The normalized spacial score (nSPS) is 14.8. The zero-order valence-corrected chi connectivity index (χ0v) is 21.5. The van der Waals surface area contributed by atoms with Crippen molar-refractivity contribution in [2.45, 2.75) is 39.7 Å². The Labute approximate surface area is 214 Å². The van der Waals surface area contributed by atoms with Crippen molar-refractivity contribution in [2.24, 2.45) is 0 Å². The van der Waals surface area contributed by atoms with Gasteiger partial charge in [-0.15, -0.1) is 11.3 Å². The highest BCUT2D eigenvalue weighted by molar-refractivity contribution is 7.18. The van der Waals surface area contributed by atoms with E-state index in [-0.39, 0.29) is 10.6 Å². The minimum absolute atomic E-state index is 0.139. The number of hydrogen-bond acceptors (Lipinski definition) is 7. The summed E-state index contributed by atoms with van der Waals surface area (Å²) in [5.41, 5.74) is 4.77. The Kier molecular flexibility index (Phi) is 7.71. The lowest BCUT2D eigenvalue weighted by molar-refractivity contribution is -0.139. The van der Waals surface area contributed by atoms with Crippen molar-refractivity contribution in [2.75, 3.05) is 24.3 Å². The Morgan fingerprint density at radius 3 is 2.31 bits per heavy atom. The number of amides is 2. The summed E-state index contributed by atoms with van der Waals surface area (Å²) < 4.78 is 10.4. The quantitative estimate of drug-likeness (QED) is 0.304. The molecular formula is C27H29N3O5S. The van der Waals surface area contributed by atoms with Crippen LogP contribution in [-0.2, 0) is 9.53 Å². The van der Waals surface area contributed by atoms with Crippen LogP contribution < -0.4 is 20.7 Å². The van der Waals surface area contributed by atoms with Gasteiger partial charge in [0.1, 0.15) is 16.7 Å². The molecule has 0 unspecified atom stereocenters. The lowest BCUT2D eigenvalue weighted by atomic mass is 10.1. The number of nitrogens with one attached hydrogen (secondary N) is 3. The van der Waals surface area contributed by atoms with E-state index in [1.54, 1.807) is 13.2 Å². The smallest absolute Gasteiger partial charge is 0.358 e. The first-order chi connectivity index (χ1) is 17.2. The summed E-state index contributed by atoms with van der Waals surface area (Å²) in [6.07, 6.45) is 1.47. The summed E-state index contributed by atoms with van der Waals surface area (Å²) in [7, 11) is 1.59. The van der Waals surface area contributed by atoms with Gasteiger partial charge in [-0.05, 0) is 87.2 Å². The minimum Gasteiger partial charge on any atom is -0.497 e. The molecule has 36 heavy (non-hydrogen) atoms. The SMILES string of the molecule is COc1ccc(-c2cc(NC(=O)Nc3c(C)cc(C)cc3C)c(C(=O)OC(=O)[C@@H]3CCCN3)s2)cc1. The first kappa shape index (κ1) is 25.4. The van der Waals surface area contributed by atoms with Crippen LogP contribution in [0.1, 0.15) is 39.2 Å². The molecule has 2 aromatic carbocycles. The minimum atomic E-state index is -0.795. The molecule has 0 saturated carbocycles. The largest absolute Gasteiger partial charge is 0.497 e. The number of carbonyl (C=O) groups is 3. The molecule has 3 aromatic rings. The van der Waals surface area contributed by atoms with Gasteiger partial charge in [0.25, 0.3) is 0 Å². The fraction of sp³-hybridized carbons (Fsp3) is 0.296. The van der Waals surface area contributed by atoms with Gasteiger partial charge in [0.05, 0.1) is 12.8 Å². The number of rotatable bonds is 6. The summed E-state index contributed by atoms with van der Waals surface area (Å²) in [5, 5.41) is 8.68. The van der Waals surface area contributed by atoms with E-state index in [1.807, 2.05) is 57.2 Å². The van der Waals surface area contributed by atoms with Crippen LogP contribution in [0.2, 0.25) is 0 Å². The maximum atomic E-state index is 13.0. The van der Waals surface area contributed by atoms with Crippen molar-refractivity contribution < 1.29 is 23.9 Å². The van der Waals surface area contributed by atoms with E-state index < -0.39 is 24.0 Å². The predicted molar refractivity (Wildman–Crippen MR) is 141 cm³/mol. The van der Waals surface area contributed by atoms with Crippen LogP contribution in [0.4, 0.5) is 16.2 Å². The molecule has 1 saturated heterocycles. The highest BCUT2D eigenvalue weighted by Gasteiger charge is 2.28. The Bertz CT molecular complexity index is 1270. The molecule has 8 nitrogen and oxygen atoms in total. The molecule has 0 radical (unpaired) electrons. The van der Waals surface area contributed by atoms with Gasteiger partial charge in [0.15, 0.2) is 0 Å². The molecule has 188 valence electrons. The Morgan fingerprint density at radius 1 is 1.00 bits per heavy atom. The third-order valence-electron chi connectivity index (χ3n) is 5.99. The topological polar surface area (TPSA) is 106 Å². The van der Waals surface area contributed by atoms with Crippen molar-refractivity contribution in [3.8, 4) is 16.2 Å². The van der Waals surface area contributed by atoms with Gasteiger partial charge in [-0.25, -0.2) is 14.4 Å². The van der Waals surface area contributed by atoms with Crippen molar-refractivity contribution in [1.82, 2.24) is 5.32 Å². The Hall–Kier alpha value is -3.69. The molecule has 2 heterocycles. The zero-order valence-electron chi connectivity index (χ0n) is 20.7. The lowest BCUT2D eigenvalue weighted by Gasteiger charge is -2.14. The molecular weight excluding hydrogens is 478 g/mol. The van der Waals surface area contributed by atoms with E-state index in [0.29, 0.717) is 24.4 Å². The summed E-state index contributed by atoms with van der Waals surface area (Å²) in [4.78, 5) is 39.3. The van der Waals surface area contributed by atoms with Crippen LogP contribution in [-0.4, -0.2) is 37.7 Å². The van der Waals surface area contributed by atoms with E-state index in [2.05, 4.69) is 16.0 Å². The van der Waals surface area contributed by atoms with Crippen molar-refractivity contribution >= 4 is 40.7 Å². The van der Waals surface area contributed by atoms with Crippen LogP contribution in [0.25, 0.3) is 10.4 Å². The van der Waals surface area contributed by atoms with Crippen LogP contribution in [0.15, 0.2) is 42.5 Å². The third kappa shape index (κ3) is 5.75. The van der Waals surface area contributed by atoms with E-state index >= 15 is 0 Å². The van der Waals surface area contributed by atoms with Gasteiger partial charge in [0.2, 0.25) is 0 Å². The molecule has 0 aliphatic carbocycles. The van der Waals surface area contributed by atoms with Gasteiger partial charge in [-0.1, -0.05) is 17.7 Å². The van der Waals surface area contributed by atoms with Crippen LogP contribution in [0.5, 0.6) is 5.75 Å². The zero-order chi connectivity index (χ0) is 25.8. The molecule has 1 aliphatic heterocycles. The molecule has 1 fully saturated rings. The van der Waals surface area contributed by atoms with Gasteiger partial charge in [-0.3, -0.25) is 0 Å². The van der Waals surface area contributed by atoms with Crippen LogP contribution in [0.3, 0.4) is 0 Å². The molecule has 0 bridgehead atoms. The summed E-state index contributed by atoms with van der Waals surface area (Å²) >= 11 is 1.14. The number of methoxy groups -OCH3 is 1. The van der Waals surface area contributed by atoms with Gasteiger partial charge in [-0.2, -0.15) is 0 Å². The number of ether oxygens (including phenoxy) is 2. The average molecular weight is 508 g/mol.